The van der Waals surface area contributed by atoms with Crippen LogP contribution in [0.1, 0.15) is 26.7 Å². The van der Waals surface area contributed by atoms with Gasteiger partial charge in [0.15, 0.2) is 0 Å². The molecule has 0 radical (unpaired) electrons. The molecule has 2 nitrogen and oxygen atoms in total. The first-order valence-electron chi connectivity index (χ1n) is 5.39. The minimum atomic E-state index is -4.03. The van der Waals surface area contributed by atoms with Gasteiger partial charge in [0.1, 0.15) is 0 Å². The van der Waals surface area contributed by atoms with E-state index < -0.39 is 12.6 Å². The molecule has 0 bridgehead atoms. The van der Waals surface area contributed by atoms with Gasteiger partial charge in [-0.05, 0) is 13.3 Å². The average Bonchev–Trinajstić information content (AvgIpc) is 2.14. The van der Waals surface area contributed by atoms with E-state index in [9.17, 15) is 13.2 Å². The van der Waals surface area contributed by atoms with E-state index in [0.29, 0.717) is 13.1 Å². The van der Waals surface area contributed by atoms with Gasteiger partial charge in [0.25, 0.3) is 0 Å². The maximum absolute atomic E-state index is 12.0. The van der Waals surface area contributed by atoms with Crippen molar-refractivity contribution in [2.45, 2.75) is 38.4 Å². The van der Waals surface area contributed by atoms with Crippen LogP contribution in [0.25, 0.3) is 0 Å². The zero-order chi connectivity index (χ0) is 11.5. The van der Waals surface area contributed by atoms with Gasteiger partial charge < -0.3 is 5.32 Å². The van der Waals surface area contributed by atoms with Gasteiger partial charge in [0, 0.05) is 31.7 Å². The van der Waals surface area contributed by atoms with E-state index in [-0.39, 0.29) is 12.1 Å². The van der Waals surface area contributed by atoms with Gasteiger partial charge in [-0.1, -0.05) is 6.92 Å². The van der Waals surface area contributed by atoms with Crippen LogP contribution in [0.2, 0.25) is 0 Å². The minimum absolute atomic E-state index is 0.0240. The van der Waals surface area contributed by atoms with Gasteiger partial charge in [-0.3, -0.25) is 4.90 Å². The summed E-state index contributed by atoms with van der Waals surface area (Å²) in [5.41, 5.74) is -0.0240. The molecule has 0 aliphatic carbocycles. The molecule has 90 valence electrons. The van der Waals surface area contributed by atoms with Crippen LogP contribution < -0.4 is 5.32 Å². The number of nitrogens with one attached hydrogen (secondary N) is 1. The molecular formula is C10H19F3N2. The fourth-order valence-electron chi connectivity index (χ4n) is 1.86. The van der Waals surface area contributed by atoms with Crippen LogP contribution in [0.4, 0.5) is 13.2 Å². The number of piperazine rings is 1. The number of rotatable bonds is 3. The Labute approximate surface area is 88.8 Å². The summed E-state index contributed by atoms with van der Waals surface area (Å²) in [6, 6.07) is 0. The molecule has 1 atom stereocenters. The molecule has 0 aromatic rings. The van der Waals surface area contributed by atoms with Crippen molar-refractivity contribution in [3.63, 3.8) is 0 Å². The van der Waals surface area contributed by atoms with Crippen LogP contribution in [0.3, 0.4) is 0 Å². The minimum Gasteiger partial charge on any atom is -0.309 e. The summed E-state index contributed by atoms with van der Waals surface area (Å²) in [4.78, 5) is 1.90. The standard InChI is InChI=1S/C10H19F3N2/c1-3-9(2)8-15(7-5-14-9)6-4-10(11,12)13/h14H,3-8H2,1-2H3. The van der Waals surface area contributed by atoms with E-state index >= 15 is 0 Å². The number of hydrogen-bond acceptors (Lipinski definition) is 2. The van der Waals surface area contributed by atoms with Crippen molar-refractivity contribution < 1.29 is 13.2 Å². The molecule has 1 heterocycles. The van der Waals surface area contributed by atoms with Gasteiger partial charge >= 0.3 is 6.18 Å². The topological polar surface area (TPSA) is 15.3 Å². The molecule has 1 N–H and O–H groups in total. The highest BCUT2D eigenvalue weighted by Gasteiger charge is 2.32. The SMILES string of the molecule is CCC1(C)CN(CCC(F)(F)F)CCN1. The van der Waals surface area contributed by atoms with Crippen LogP contribution >= 0.6 is 0 Å². The zero-order valence-corrected chi connectivity index (χ0v) is 9.32. The monoisotopic (exact) mass is 224 g/mol. The summed E-state index contributed by atoms with van der Waals surface area (Å²) in [5.74, 6) is 0. The molecule has 1 aliphatic rings. The summed E-state index contributed by atoms with van der Waals surface area (Å²) in [6.45, 7) is 6.45. The van der Waals surface area contributed by atoms with E-state index in [4.69, 9.17) is 0 Å². The summed E-state index contributed by atoms with van der Waals surface area (Å²) in [7, 11) is 0. The van der Waals surface area contributed by atoms with E-state index in [0.717, 1.165) is 13.0 Å². The van der Waals surface area contributed by atoms with Gasteiger partial charge in [0.05, 0.1) is 6.42 Å². The summed E-state index contributed by atoms with van der Waals surface area (Å²) >= 11 is 0. The second-order valence-electron chi connectivity index (χ2n) is 4.48. The first-order chi connectivity index (χ1) is 6.85. The fraction of sp³-hybridized carbons (Fsp3) is 1.00. The highest BCUT2D eigenvalue weighted by molar-refractivity contribution is 4.89. The van der Waals surface area contributed by atoms with E-state index in [1.54, 1.807) is 0 Å². The van der Waals surface area contributed by atoms with Crippen molar-refractivity contribution in [2.24, 2.45) is 0 Å². The first kappa shape index (κ1) is 12.8. The lowest BCUT2D eigenvalue weighted by atomic mass is 9.96. The van der Waals surface area contributed by atoms with Crippen LogP contribution in [0.15, 0.2) is 0 Å². The fourth-order valence-corrected chi connectivity index (χ4v) is 1.86. The van der Waals surface area contributed by atoms with Gasteiger partial charge in [0.2, 0.25) is 0 Å². The van der Waals surface area contributed by atoms with Gasteiger partial charge in [-0.2, -0.15) is 13.2 Å². The summed E-state index contributed by atoms with van der Waals surface area (Å²) < 4.78 is 36.1. The van der Waals surface area contributed by atoms with Gasteiger partial charge in [-0.15, -0.1) is 0 Å². The molecule has 1 aliphatic heterocycles. The number of hydrogen-bond donors (Lipinski definition) is 1. The molecule has 0 saturated carbocycles. The Balaban J connectivity index is 2.37. The number of nitrogens with zero attached hydrogens (tertiary/aromatic N) is 1. The maximum Gasteiger partial charge on any atom is 0.390 e. The number of alkyl halides is 3. The highest BCUT2D eigenvalue weighted by Crippen LogP contribution is 2.21. The Morgan fingerprint density at radius 3 is 2.60 bits per heavy atom. The lowest BCUT2D eigenvalue weighted by Crippen LogP contribution is -2.58. The Hall–Kier alpha value is -0.290. The third kappa shape index (κ3) is 4.38. The molecule has 0 amide bonds. The molecule has 1 saturated heterocycles. The maximum atomic E-state index is 12.0. The molecule has 1 unspecified atom stereocenters. The smallest absolute Gasteiger partial charge is 0.309 e. The Morgan fingerprint density at radius 1 is 1.40 bits per heavy atom. The first-order valence-corrected chi connectivity index (χ1v) is 5.39. The van der Waals surface area contributed by atoms with Crippen molar-refractivity contribution in [1.82, 2.24) is 10.2 Å². The van der Waals surface area contributed by atoms with Crippen molar-refractivity contribution in [3.05, 3.63) is 0 Å². The normalized spacial score (nSPS) is 29.4. The summed E-state index contributed by atoms with van der Waals surface area (Å²) in [6.07, 6.45) is -3.80. The molecule has 1 rings (SSSR count). The second-order valence-corrected chi connectivity index (χ2v) is 4.48. The summed E-state index contributed by atoms with van der Waals surface area (Å²) in [5, 5.41) is 3.35. The lowest BCUT2D eigenvalue weighted by molar-refractivity contribution is -0.139. The van der Waals surface area contributed by atoms with Crippen LogP contribution in [0, 0.1) is 0 Å². The Kier molecular flexibility index (Phi) is 4.00. The second kappa shape index (κ2) is 4.70. The molecule has 0 aromatic heterocycles. The zero-order valence-electron chi connectivity index (χ0n) is 9.32. The largest absolute Gasteiger partial charge is 0.390 e. The van der Waals surface area contributed by atoms with Gasteiger partial charge in [-0.25, -0.2) is 0 Å². The van der Waals surface area contributed by atoms with Crippen molar-refractivity contribution in [1.29, 1.82) is 0 Å². The Bertz CT molecular complexity index is 205. The van der Waals surface area contributed by atoms with E-state index in [1.165, 1.54) is 0 Å². The van der Waals surface area contributed by atoms with Crippen molar-refractivity contribution >= 4 is 0 Å². The average molecular weight is 224 g/mol. The molecule has 1 fully saturated rings. The van der Waals surface area contributed by atoms with Crippen LogP contribution in [-0.2, 0) is 0 Å². The molecule has 0 aromatic carbocycles. The molecule has 15 heavy (non-hydrogen) atoms. The molecular weight excluding hydrogens is 205 g/mol. The van der Waals surface area contributed by atoms with E-state index in [2.05, 4.69) is 19.2 Å². The van der Waals surface area contributed by atoms with E-state index in [1.807, 2.05) is 4.90 Å². The molecule has 0 spiro atoms. The number of halogens is 3. The van der Waals surface area contributed by atoms with Crippen LogP contribution in [-0.4, -0.2) is 42.8 Å². The predicted octanol–water partition coefficient (Wildman–Crippen LogP) is 2.01. The third-order valence-electron chi connectivity index (χ3n) is 3.04. The molecule has 5 heteroatoms. The lowest BCUT2D eigenvalue weighted by Gasteiger charge is -2.41. The Morgan fingerprint density at radius 2 is 2.07 bits per heavy atom. The van der Waals surface area contributed by atoms with Crippen LogP contribution in [0.5, 0.6) is 0 Å². The quantitative estimate of drug-likeness (QED) is 0.789. The van der Waals surface area contributed by atoms with Crippen molar-refractivity contribution in [2.75, 3.05) is 26.2 Å². The highest BCUT2D eigenvalue weighted by atomic mass is 19.4. The predicted molar refractivity (Wildman–Crippen MR) is 53.8 cm³/mol. The van der Waals surface area contributed by atoms with Crippen molar-refractivity contribution in [3.8, 4) is 0 Å². The third-order valence-corrected chi connectivity index (χ3v) is 3.04.